The molecule has 0 spiro atoms. The Morgan fingerprint density at radius 2 is 1.97 bits per heavy atom. The van der Waals surface area contributed by atoms with Crippen LogP contribution in [0.25, 0.3) is 0 Å². The van der Waals surface area contributed by atoms with Gasteiger partial charge in [0.25, 0.3) is 5.91 Å². The summed E-state index contributed by atoms with van der Waals surface area (Å²) in [4.78, 5) is 27.5. The van der Waals surface area contributed by atoms with Crippen LogP contribution in [-0.4, -0.2) is 38.6 Å². The van der Waals surface area contributed by atoms with E-state index in [9.17, 15) is 14.7 Å². The molecule has 1 aromatic heterocycles. The highest BCUT2D eigenvalue weighted by molar-refractivity contribution is 9.10. The first-order valence-corrected chi connectivity index (χ1v) is 11.8. The third-order valence-electron chi connectivity index (χ3n) is 5.70. The molecule has 1 amide bonds. The largest absolute Gasteiger partial charge is 0.462 e. The summed E-state index contributed by atoms with van der Waals surface area (Å²) in [7, 11) is 0. The fourth-order valence-electron chi connectivity index (χ4n) is 3.87. The zero-order valence-corrected chi connectivity index (χ0v) is 20.4. The lowest BCUT2D eigenvalue weighted by Gasteiger charge is -2.24. The number of halogens is 1. The van der Waals surface area contributed by atoms with E-state index in [1.165, 1.54) is 4.90 Å². The Morgan fingerprint density at radius 3 is 2.71 bits per heavy atom. The molecule has 0 aliphatic carbocycles. The van der Waals surface area contributed by atoms with E-state index in [1.807, 2.05) is 37.3 Å². The van der Waals surface area contributed by atoms with Crippen LogP contribution < -0.4 is 4.90 Å². The van der Waals surface area contributed by atoms with Crippen LogP contribution in [0.4, 0.5) is 5.69 Å². The van der Waals surface area contributed by atoms with Gasteiger partial charge in [0.15, 0.2) is 0 Å². The summed E-state index contributed by atoms with van der Waals surface area (Å²) >= 11 is 3.38. The Hall–Kier alpha value is -3.30. The Kier molecular flexibility index (Phi) is 6.95. The van der Waals surface area contributed by atoms with Crippen LogP contribution in [0.2, 0.25) is 0 Å². The summed E-state index contributed by atoms with van der Waals surface area (Å²) in [5.41, 5.74) is -0.209. The topological polar surface area (TPSA) is 97.6 Å². The van der Waals surface area contributed by atoms with Crippen molar-refractivity contribution in [1.29, 1.82) is 0 Å². The van der Waals surface area contributed by atoms with Crippen LogP contribution in [0.1, 0.15) is 36.6 Å². The fourth-order valence-corrected chi connectivity index (χ4v) is 4.23. The summed E-state index contributed by atoms with van der Waals surface area (Å²) < 4.78 is 7.56. The molecule has 3 aromatic rings. The van der Waals surface area contributed by atoms with Crippen LogP contribution in [0.5, 0.6) is 0 Å². The molecule has 4 rings (SSSR count). The molecule has 0 radical (unpaired) electrons. The summed E-state index contributed by atoms with van der Waals surface area (Å²) in [5.74, 6) is -1.48. The van der Waals surface area contributed by atoms with Crippen molar-refractivity contribution in [2.75, 3.05) is 11.5 Å². The van der Waals surface area contributed by atoms with E-state index < -0.39 is 17.5 Å². The molecular formula is C25H25BrN4O4. The van der Waals surface area contributed by atoms with Gasteiger partial charge in [-0.15, -0.1) is 5.10 Å². The molecule has 1 atom stereocenters. The molecule has 2 aromatic carbocycles. The van der Waals surface area contributed by atoms with Crippen molar-refractivity contribution < 1.29 is 19.4 Å². The standard InChI is InChI=1S/C25H25BrN4O4/c1-3-4-12-34-23(31)17(2)25(33)21-13-19(26)10-11-22(21)30(24(25)32)16-20-15-29(28-27-20)14-18-8-6-5-7-9-18/h5-11,13,15,33H,2-4,12,14,16H2,1H3. The molecule has 0 fully saturated rings. The molecule has 2 heterocycles. The van der Waals surface area contributed by atoms with E-state index in [-0.39, 0.29) is 24.3 Å². The van der Waals surface area contributed by atoms with Crippen molar-refractivity contribution in [1.82, 2.24) is 15.0 Å². The maximum absolute atomic E-state index is 13.5. The van der Waals surface area contributed by atoms with Crippen molar-refractivity contribution in [3.63, 3.8) is 0 Å². The number of hydrogen-bond donors (Lipinski definition) is 1. The predicted molar refractivity (Wildman–Crippen MR) is 130 cm³/mol. The first-order chi connectivity index (χ1) is 16.3. The molecule has 1 N–H and O–H groups in total. The quantitative estimate of drug-likeness (QED) is 0.260. The van der Waals surface area contributed by atoms with E-state index in [0.717, 1.165) is 12.0 Å². The highest BCUT2D eigenvalue weighted by Crippen LogP contribution is 2.46. The Morgan fingerprint density at radius 1 is 1.21 bits per heavy atom. The number of nitrogens with zero attached hydrogens (tertiary/aromatic N) is 4. The summed E-state index contributed by atoms with van der Waals surface area (Å²) in [6.07, 6.45) is 3.28. The highest BCUT2D eigenvalue weighted by Gasteiger charge is 2.54. The molecule has 176 valence electrons. The number of ether oxygens (including phenoxy) is 1. The Labute approximate surface area is 206 Å². The number of benzene rings is 2. The van der Waals surface area contributed by atoms with Gasteiger partial charge in [-0.25, -0.2) is 9.48 Å². The molecule has 34 heavy (non-hydrogen) atoms. The lowest BCUT2D eigenvalue weighted by atomic mass is 9.88. The lowest BCUT2D eigenvalue weighted by Crippen LogP contribution is -2.43. The number of unbranched alkanes of at least 4 members (excludes halogenated alkanes) is 1. The van der Waals surface area contributed by atoms with Crippen LogP contribution in [0, 0.1) is 0 Å². The predicted octanol–water partition coefficient (Wildman–Crippen LogP) is 3.72. The van der Waals surface area contributed by atoms with Gasteiger partial charge in [0, 0.05) is 10.0 Å². The number of esters is 1. The minimum Gasteiger partial charge on any atom is -0.462 e. The third kappa shape index (κ3) is 4.53. The zero-order valence-electron chi connectivity index (χ0n) is 18.8. The smallest absolute Gasteiger partial charge is 0.337 e. The van der Waals surface area contributed by atoms with Gasteiger partial charge in [0.2, 0.25) is 5.60 Å². The molecule has 1 aliphatic heterocycles. The molecule has 1 aliphatic rings. The minimum absolute atomic E-state index is 0.0722. The number of aliphatic hydroxyl groups is 1. The molecule has 8 nitrogen and oxygen atoms in total. The maximum Gasteiger partial charge on any atom is 0.337 e. The Bertz CT molecular complexity index is 1230. The molecule has 0 saturated heterocycles. The van der Waals surface area contributed by atoms with Crippen LogP contribution in [-0.2, 0) is 33.0 Å². The second-order valence-electron chi connectivity index (χ2n) is 8.12. The van der Waals surface area contributed by atoms with Gasteiger partial charge >= 0.3 is 5.97 Å². The van der Waals surface area contributed by atoms with Crippen LogP contribution in [0.3, 0.4) is 0 Å². The van der Waals surface area contributed by atoms with Crippen molar-refractivity contribution in [3.05, 3.63) is 88.2 Å². The van der Waals surface area contributed by atoms with Gasteiger partial charge in [0.05, 0.1) is 37.2 Å². The van der Waals surface area contributed by atoms with Gasteiger partial charge in [-0.1, -0.05) is 71.4 Å². The number of carbonyl (C=O) groups is 2. The second kappa shape index (κ2) is 9.90. The number of carbonyl (C=O) groups excluding carboxylic acids is 2. The third-order valence-corrected chi connectivity index (χ3v) is 6.19. The van der Waals surface area contributed by atoms with Crippen molar-refractivity contribution in [3.8, 4) is 0 Å². The van der Waals surface area contributed by atoms with Crippen molar-refractivity contribution in [2.45, 2.75) is 38.5 Å². The summed E-state index contributed by atoms with van der Waals surface area (Å²) in [6, 6.07) is 14.9. The fraction of sp³-hybridized carbons (Fsp3) is 0.280. The minimum atomic E-state index is -2.23. The average molecular weight is 525 g/mol. The maximum atomic E-state index is 13.5. The highest BCUT2D eigenvalue weighted by atomic mass is 79.9. The van der Waals surface area contributed by atoms with Crippen molar-refractivity contribution >= 4 is 33.5 Å². The number of aromatic nitrogens is 3. The van der Waals surface area contributed by atoms with Crippen LogP contribution >= 0.6 is 15.9 Å². The van der Waals surface area contributed by atoms with Gasteiger partial charge in [-0.2, -0.15) is 0 Å². The normalized spacial score (nSPS) is 17.0. The molecule has 1 unspecified atom stereocenters. The van der Waals surface area contributed by atoms with Gasteiger partial charge in [-0.05, 0) is 30.2 Å². The zero-order chi connectivity index (χ0) is 24.3. The SMILES string of the molecule is C=C(C(=O)OCCCC)C1(O)C(=O)N(Cc2cn(Cc3ccccc3)nn2)c2ccc(Br)cc21. The summed E-state index contributed by atoms with van der Waals surface area (Å²) in [6.45, 7) is 6.51. The van der Waals surface area contributed by atoms with E-state index in [0.29, 0.717) is 28.8 Å². The number of hydrogen-bond acceptors (Lipinski definition) is 6. The van der Waals surface area contributed by atoms with Gasteiger partial charge in [-0.3, -0.25) is 4.79 Å². The molecule has 0 bridgehead atoms. The second-order valence-corrected chi connectivity index (χ2v) is 9.04. The van der Waals surface area contributed by atoms with E-state index >= 15 is 0 Å². The Balaban J connectivity index is 1.59. The van der Waals surface area contributed by atoms with Crippen LogP contribution in [0.15, 0.2) is 71.4 Å². The molecule has 0 saturated carbocycles. The monoisotopic (exact) mass is 524 g/mol. The van der Waals surface area contributed by atoms with Gasteiger partial charge < -0.3 is 14.7 Å². The first-order valence-electron chi connectivity index (χ1n) is 11.0. The van der Waals surface area contributed by atoms with E-state index in [1.54, 1.807) is 29.1 Å². The number of amides is 1. The first kappa shape index (κ1) is 23.8. The number of anilines is 1. The van der Waals surface area contributed by atoms with E-state index in [4.69, 9.17) is 4.74 Å². The van der Waals surface area contributed by atoms with E-state index in [2.05, 4.69) is 32.8 Å². The average Bonchev–Trinajstić information content (AvgIpc) is 3.36. The number of fused-ring (bicyclic) bond motifs is 1. The molecular weight excluding hydrogens is 500 g/mol. The van der Waals surface area contributed by atoms with Gasteiger partial charge in [0.1, 0.15) is 5.69 Å². The van der Waals surface area contributed by atoms with Crippen molar-refractivity contribution in [2.24, 2.45) is 0 Å². The lowest BCUT2D eigenvalue weighted by molar-refractivity contribution is -0.146. The number of rotatable bonds is 9. The molecule has 9 heteroatoms. The summed E-state index contributed by atoms with van der Waals surface area (Å²) in [5, 5.41) is 19.9.